The lowest BCUT2D eigenvalue weighted by Crippen LogP contribution is -2.33. The first-order chi connectivity index (χ1) is 8.62. The Balaban J connectivity index is 2.14. The maximum Gasteiger partial charge on any atom is 0.235 e. The molecular weight excluding hydrogens is 252 g/mol. The molecule has 0 unspecified atom stereocenters. The van der Waals surface area contributed by atoms with E-state index < -0.39 is 15.3 Å². The number of nitriles is 1. The van der Waals surface area contributed by atoms with Crippen molar-refractivity contribution in [2.75, 3.05) is 17.9 Å². The van der Waals surface area contributed by atoms with Crippen molar-refractivity contribution in [1.29, 1.82) is 5.26 Å². The Morgan fingerprint density at radius 1 is 1.33 bits per heavy atom. The average molecular weight is 266 g/mol. The Morgan fingerprint density at radius 3 is 2.72 bits per heavy atom. The molecule has 1 fully saturated rings. The fraction of sp³-hybridized carbons (Fsp3) is 0.417. The Morgan fingerprint density at radius 2 is 2.06 bits per heavy atom. The van der Waals surface area contributed by atoms with E-state index in [1.54, 1.807) is 18.2 Å². The van der Waals surface area contributed by atoms with Gasteiger partial charge in [-0.2, -0.15) is 5.26 Å². The van der Waals surface area contributed by atoms with Crippen LogP contribution < -0.4 is 4.72 Å². The highest BCUT2D eigenvalue weighted by molar-refractivity contribution is 7.93. The molecule has 1 aliphatic rings. The molecule has 1 aliphatic heterocycles. The maximum atomic E-state index is 12.1. The van der Waals surface area contributed by atoms with Gasteiger partial charge in [-0.1, -0.05) is 6.07 Å². The molecule has 18 heavy (non-hydrogen) atoms. The van der Waals surface area contributed by atoms with Crippen molar-refractivity contribution in [3.63, 3.8) is 0 Å². The van der Waals surface area contributed by atoms with Gasteiger partial charge in [0.05, 0.1) is 16.9 Å². The van der Waals surface area contributed by atoms with Crippen LogP contribution in [0.5, 0.6) is 0 Å². The summed E-state index contributed by atoms with van der Waals surface area (Å²) >= 11 is 0. The van der Waals surface area contributed by atoms with Crippen molar-refractivity contribution in [1.82, 2.24) is 0 Å². The first-order valence-corrected chi connectivity index (χ1v) is 7.26. The molecule has 5 nitrogen and oxygen atoms in total. The van der Waals surface area contributed by atoms with Crippen molar-refractivity contribution in [3.8, 4) is 6.07 Å². The zero-order chi connectivity index (χ0) is 13.0. The van der Waals surface area contributed by atoms with Gasteiger partial charge in [0.15, 0.2) is 0 Å². The van der Waals surface area contributed by atoms with Gasteiger partial charge in [0.25, 0.3) is 0 Å². The second-order valence-corrected chi connectivity index (χ2v) is 6.11. The number of nitrogens with one attached hydrogen (secondary N) is 1. The van der Waals surface area contributed by atoms with Gasteiger partial charge in [-0.15, -0.1) is 0 Å². The van der Waals surface area contributed by atoms with Crippen molar-refractivity contribution in [2.24, 2.45) is 0 Å². The summed E-state index contributed by atoms with van der Waals surface area (Å²) in [6, 6.07) is 8.42. The predicted octanol–water partition coefficient (Wildman–Crippen LogP) is 1.48. The number of nitrogens with zero attached hydrogens (tertiary/aromatic N) is 1. The average Bonchev–Trinajstić information content (AvgIpc) is 2.39. The minimum atomic E-state index is -3.40. The van der Waals surface area contributed by atoms with Gasteiger partial charge in [-0.25, -0.2) is 8.42 Å². The molecule has 0 amide bonds. The van der Waals surface area contributed by atoms with E-state index in [0.717, 1.165) is 0 Å². The van der Waals surface area contributed by atoms with Crippen molar-refractivity contribution >= 4 is 15.7 Å². The molecule has 1 N–H and O–H groups in total. The van der Waals surface area contributed by atoms with Crippen LogP contribution in [-0.2, 0) is 14.8 Å². The minimum absolute atomic E-state index is 0.419. The van der Waals surface area contributed by atoms with E-state index >= 15 is 0 Å². The molecule has 2 rings (SSSR count). The first-order valence-electron chi connectivity index (χ1n) is 5.71. The summed E-state index contributed by atoms with van der Waals surface area (Å²) in [7, 11) is -3.40. The van der Waals surface area contributed by atoms with Crippen LogP contribution in [0.15, 0.2) is 24.3 Å². The lowest BCUT2D eigenvalue weighted by molar-refractivity contribution is 0.0984. The zero-order valence-corrected chi connectivity index (χ0v) is 10.6. The topological polar surface area (TPSA) is 79.2 Å². The van der Waals surface area contributed by atoms with Gasteiger partial charge >= 0.3 is 0 Å². The number of sulfonamides is 1. The largest absolute Gasteiger partial charge is 0.381 e. The molecule has 0 bridgehead atoms. The minimum Gasteiger partial charge on any atom is -0.381 e. The molecule has 0 saturated carbocycles. The summed E-state index contributed by atoms with van der Waals surface area (Å²) in [5, 5.41) is 8.35. The number of benzene rings is 1. The molecule has 1 heterocycles. The van der Waals surface area contributed by atoms with E-state index in [1.807, 2.05) is 6.07 Å². The van der Waals surface area contributed by atoms with Crippen LogP contribution in [-0.4, -0.2) is 26.9 Å². The molecule has 1 saturated heterocycles. The second kappa shape index (κ2) is 5.38. The van der Waals surface area contributed by atoms with Gasteiger partial charge in [0.1, 0.15) is 0 Å². The highest BCUT2D eigenvalue weighted by Crippen LogP contribution is 2.19. The molecule has 1 aromatic rings. The van der Waals surface area contributed by atoms with Crippen molar-refractivity contribution < 1.29 is 13.2 Å². The molecular formula is C12H14N2O3S. The second-order valence-electron chi connectivity index (χ2n) is 4.15. The van der Waals surface area contributed by atoms with Crippen LogP contribution in [0.1, 0.15) is 18.4 Å². The SMILES string of the molecule is N#Cc1cccc(NS(=O)(=O)C2CCOCC2)c1. The van der Waals surface area contributed by atoms with Gasteiger partial charge in [-0.3, -0.25) is 4.72 Å². The fourth-order valence-electron chi connectivity index (χ4n) is 1.89. The molecule has 6 heteroatoms. The van der Waals surface area contributed by atoms with E-state index in [2.05, 4.69) is 4.72 Å². The van der Waals surface area contributed by atoms with E-state index in [1.165, 1.54) is 6.07 Å². The van der Waals surface area contributed by atoms with Gasteiger partial charge in [0, 0.05) is 18.9 Å². The summed E-state index contributed by atoms with van der Waals surface area (Å²) in [6.07, 6.45) is 1.01. The summed E-state index contributed by atoms with van der Waals surface area (Å²) in [4.78, 5) is 0. The van der Waals surface area contributed by atoms with E-state index in [-0.39, 0.29) is 0 Å². The van der Waals surface area contributed by atoms with E-state index in [4.69, 9.17) is 10.00 Å². The van der Waals surface area contributed by atoms with Crippen LogP contribution in [0.3, 0.4) is 0 Å². The normalized spacial score (nSPS) is 17.1. The van der Waals surface area contributed by atoms with E-state index in [0.29, 0.717) is 37.3 Å². The number of ether oxygens (including phenoxy) is 1. The third-order valence-corrected chi connectivity index (χ3v) is 4.73. The van der Waals surface area contributed by atoms with Crippen molar-refractivity contribution in [2.45, 2.75) is 18.1 Å². The molecule has 0 radical (unpaired) electrons. The molecule has 96 valence electrons. The fourth-order valence-corrected chi connectivity index (χ4v) is 3.32. The Labute approximate surface area is 106 Å². The first kappa shape index (κ1) is 12.9. The monoisotopic (exact) mass is 266 g/mol. The summed E-state index contributed by atoms with van der Waals surface area (Å²) in [6.45, 7) is 0.952. The van der Waals surface area contributed by atoms with Crippen LogP contribution in [0.25, 0.3) is 0 Å². The maximum absolute atomic E-state index is 12.1. The van der Waals surface area contributed by atoms with Crippen molar-refractivity contribution in [3.05, 3.63) is 29.8 Å². The van der Waals surface area contributed by atoms with Crippen LogP contribution in [0.2, 0.25) is 0 Å². The van der Waals surface area contributed by atoms with Gasteiger partial charge in [-0.05, 0) is 31.0 Å². The highest BCUT2D eigenvalue weighted by Gasteiger charge is 2.27. The lowest BCUT2D eigenvalue weighted by Gasteiger charge is -2.22. The standard InChI is InChI=1S/C12H14N2O3S/c13-9-10-2-1-3-11(8-10)14-18(15,16)12-4-6-17-7-5-12/h1-3,8,12,14H,4-7H2. The number of hydrogen-bond donors (Lipinski definition) is 1. The van der Waals surface area contributed by atoms with E-state index in [9.17, 15) is 8.42 Å². The highest BCUT2D eigenvalue weighted by atomic mass is 32.2. The van der Waals surface area contributed by atoms with Crippen LogP contribution in [0.4, 0.5) is 5.69 Å². The Bertz CT molecular complexity index is 557. The number of rotatable bonds is 3. The van der Waals surface area contributed by atoms with Crippen LogP contribution in [0, 0.1) is 11.3 Å². The van der Waals surface area contributed by atoms with Gasteiger partial charge < -0.3 is 4.74 Å². The molecule has 0 aliphatic carbocycles. The molecule has 0 atom stereocenters. The molecule has 0 aromatic heterocycles. The number of anilines is 1. The lowest BCUT2D eigenvalue weighted by atomic mass is 10.2. The summed E-state index contributed by atoms with van der Waals surface area (Å²) in [5.41, 5.74) is 0.864. The summed E-state index contributed by atoms with van der Waals surface area (Å²) in [5.74, 6) is 0. The molecule has 1 aromatic carbocycles. The Hall–Kier alpha value is -1.58. The number of hydrogen-bond acceptors (Lipinski definition) is 4. The third kappa shape index (κ3) is 3.00. The molecule has 0 spiro atoms. The summed E-state index contributed by atoms with van der Waals surface area (Å²) < 4.78 is 31.9. The van der Waals surface area contributed by atoms with Gasteiger partial charge in [0.2, 0.25) is 10.0 Å². The smallest absolute Gasteiger partial charge is 0.235 e. The predicted molar refractivity (Wildman–Crippen MR) is 67.5 cm³/mol. The Kier molecular flexibility index (Phi) is 3.84. The zero-order valence-electron chi connectivity index (χ0n) is 9.80. The van der Waals surface area contributed by atoms with Crippen LogP contribution >= 0.6 is 0 Å². The third-order valence-electron chi connectivity index (χ3n) is 2.86. The quantitative estimate of drug-likeness (QED) is 0.898.